The Morgan fingerprint density at radius 1 is 1.03 bits per heavy atom. The predicted molar refractivity (Wildman–Crippen MR) is 112 cm³/mol. The van der Waals surface area contributed by atoms with Crippen molar-refractivity contribution in [2.24, 2.45) is 0 Å². The first-order valence-electron chi connectivity index (χ1n) is 10.7. The van der Waals surface area contributed by atoms with Crippen molar-refractivity contribution in [2.75, 3.05) is 26.2 Å². The Labute approximate surface area is 178 Å². The smallest absolute Gasteiger partial charge is 0.324 e. The summed E-state index contributed by atoms with van der Waals surface area (Å²) in [4.78, 5) is 32.9. The van der Waals surface area contributed by atoms with Crippen molar-refractivity contribution in [3.05, 3.63) is 11.6 Å². The molecule has 2 aliphatic heterocycles. The highest BCUT2D eigenvalue weighted by Crippen LogP contribution is 2.32. The third kappa shape index (κ3) is 4.74. The van der Waals surface area contributed by atoms with Gasteiger partial charge in [-0.1, -0.05) is 19.3 Å². The zero-order valence-electron chi connectivity index (χ0n) is 17.4. The number of rotatable bonds is 5. The summed E-state index contributed by atoms with van der Waals surface area (Å²) in [6.07, 6.45) is 8.53. The van der Waals surface area contributed by atoms with Crippen molar-refractivity contribution in [2.45, 2.75) is 76.2 Å². The van der Waals surface area contributed by atoms with Crippen LogP contribution in [0.15, 0.2) is 0 Å². The van der Waals surface area contributed by atoms with Gasteiger partial charge in [-0.2, -0.15) is 5.10 Å². The fraction of sp³-hybridized carbons (Fsp3) is 0.800. The summed E-state index contributed by atoms with van der Waals surface area (Å²) in [5, 5.41) is 10.5. The fourth-order valence-corrected chi connectivity index (χ4v) is 4.76. The molecule has 1 aromatic rings. The molecule has 9 heteroatoms. The van der Waals surface area contributed by atoms with Crippen molar-refractivity contribution in [3.63, 3.8) is 0 Å². The molecule has 0 spiro atoms. The van der Waals surface area contributed by atoms with E-state index in [4.69, 9.17) is 4.98 Å². The lowest BCUT2D eigenvalue weighted by atomic mass is 9.89. The number of nitrogens with one attached hydrogen (secondary N) is 2. The summed E-state index contributed by atoms with van der Waals surface area (Å²) < 4.78 is 0. The minimum absolute atomic E-state index is 0. The molecule has 3 heterocycles. The van der Waals surface area contributed by atoms with Crippen molar-refractivity contribution in [1.29, 1.82) is 0 Å². The number of hydrogen-bond acceptors (Lipinski definition) is 5. The number of piperidine rings is 1. The van der Waals surface area contributed by atoms with Gasteiger partial charge in [0.2, 0.25) is 0 Å². The molecule has 29 heavy (non-hydrogen) atoms. The number of halogens is 1. The average molecular weight is 425 g/mol. The monoisotopic (exact) mass is 424 g/mol. The van der Waals surface area contributed by atoms with Gasteiger partial charge in [0.1, 0.15) is 11.4 Å². The van der Waals surface area contributed by atoms with E-state index in [1.807, 2.05) is 0 Å². The molecule has 1 atom stereocenters. The first-order valence-corrected chi connectivity index (χ1v) is 10.7. The zero-order valence-corrected chi connectivity index (χ0v) is 18.3. The Hall–Kier alpha value is -1.67. The molecule has 3 aliphatic rings. The van der Waals surface area contributed by atoms with Gasteiger partial charge in [-0.05, 0) is 46.1 Å². The second-order valence-electron chi connectivity index (χ2n) is 9.07. The van der Waals surface area contributed by atoms with Crippen LogP contribution in [-0.4, -0.2) is 68.6 Å². The van der Waals surface area contributed by atoms with E-state index in [0.29, 0.717) is 24.9 Å². The molecule has 1 aromatic heterocycles. The Balaban J connectivity index is 0.00000240. The number of H-pyrrole nitrogens is 1. The lowest BCUT2D eigenvalue weighted by Crippen LogP contribution is -2.43. The van der Waals surface area contributed by atoms with Crippen molar-refractivity contribution < 1.29 is 9.59 Å². The second kappa shape index (κ2) is 9.00. The molecule has 8 nitrogen and oxygen atoms in total. The molecule has 1 unspecified atom stereocenters. The normalized spacial score (nSPS) is 25.7. The van der Waals surface area contributed by atoms with Gasteiger partial charge in [0.15, 0.2) is 5.82 Å². The minimum atomic E-state index is -0.796. The standard InChI is InChI=1S/C20H32N6O2.ClH/c1-20(2)18(27)26(19(28)22-20)12-11-25-10-6-9-15(13-25)17-21-16(23-24-17)14-7-4-3-5-8-14;/h14-15H,3-13H2,1-2H3,(H,22,28)(H,21,23,24);1H. The number of likely N-dealkylation sites (tertiary alicyclic amines) is 1. The van der Waals surface area contributed by atoms with Crippen LogP contribution in [0.5, 0.6) is 0 Å². The number of aromatic amines is 1. The van der Waals surface area contributed by atoms with E-state index >= 15 is 0 Å². The minimum Gasteiger partial charge on any atom is -0.324 e. The number of amides is 3. The van der Waals surface area contributed by atoms with Crippen molar-refractivity contribution in [1.82, 2.24) is 30.3 Å². The molecule has 3 amide bonds. The maximum absolute atomic E-state index is 12.3. The van der Waals surface area contributed by atoms with Crippen molar-refractivity contribution in [3.8, 4) is 0 Å². The lowest BCUT2D eigenvalue weighted by molar-refractivity contribution is -0.130. The van der Waals surface area contributed by atoms with E-state index in [9.17, 15) is 9.59 Å². The van der Waals surface area contributed by atoms with Gasteiger partial charge in [-0.25, -0.2) is 9.78 Å². The van der Waals surface area contributed by atoms with Gasteiger partial charge < -0.3 is 10.2 Å². The summed E-state index contributed by atoms with van der Waals surface area (Å²) in [7, 11) is 0. The van der Waals surface area contributed by atoms with Crippen LogP contribution >= 0.6 is 12.4 Å². The summed E-state index contributed by atoms with van der Waals surface area (Å²) in [6.45, 7) is 6.50. The maximum Gasteiger partial charge on any atom is 0.325 e. The van der Waals surface area contributed by atoms with Gasteiger partial charge in [0.25, 0.3) is 5.91 Å². The van der Waals surface area contributed by atoms with Crippen molar-refractivity contribution >= 4 is 24.3 Å². The predicted octanol–water partition coefficient (Wildman–Crippen LogP) is 2.78. The van der Waals surface area contributed by atoms with E-state index in [0.717, 1.165) is 37.6 Å². The largest absolute Gasteiger partial charge is 0.325 e. The molecule has 2 saturated heterocycles. The number of nitrogens with zero attached hydrogens (tertiary/aromatic N) is 4. The van der Waals surface area contributed by atoms with Crippen LogP contribution in [0.3, 0.4) is 0 Å². The van der Waals surface area contributed by atoms with E-state index in [-0.39, 0.29) is 24.3 Å². The number of carbonyl (C=O) groups is 2. The number of imide groups is 1. The molecule has 0 radical (unpaired) electrons. The van der Waals surface area contributed by atoms with Gasteiger partial charge in [0.05, 0.1) is 0 Å². The van der Waals surface area contributed by atoms with Crippen LogP contribution in [-0.2, 0) is 4.79 Å². The highest BCUT2D eigenvalue weighted by molar-refractivity contribution is 6.06. The number of urea groups is 1. The Morgan fingerprint density at radius 3 is 2.45 bits per heavy atom. The first-order chi connectivity index (χ1) is 13.4. The summed E-state index contributed by atoms with van der Waals surface area (Å²) >= 11 is 0. The number of carbonyl (C=O) groups excluding carboxylic acids is 2. The van der Waals surface area contributed by atoms with Gasteiger partial charge in [0, 0.05) is 31.5 Å². The molecule has 2 N–H and O–H groups in total. The molecule has 1 aliphatic carbocycles. The first kappa shape index (κ1) is 22.0. The van der Waals surface area contributed by atoms with Gasteiger partial charge in [-0.3, -0.25) is 14.8 Å². The van der Waals surface area contributed by atoms with Crippen LogP contribution in [0.2, 0.25) is 0 Å². The molecule has 4 rings (SSSR count). The topological polar surface area (TPSA) is 94.2 Å². The Bertz CT molecular complexity index is 730. The Morgan fingerprint density at radius 2 is 1.76 bits per heavy atom. The summed E-state index contributed by atoms with van der Waals surface area (Å²) in [5.41, 5.74) is -0.796. The lowest BCUT2D eigenvalue weighted by Gasteiger charge is -2.32. The molecule has 0 bridgehead atoms. The summed E-state index contributed by atoms with van der Waals surface area (Å²) in [5.74, 6) is 2.71. The zero-order chi connectivity index (χ0) is 19.7. The second-order valence-corrected chi connectivity index (χ2v) is 9.07. The van der Waals surface area contributed by atoms with Crippen LogP contribution in [0.25, 0.3) is 0 Å². The van der Waals surface area contributed by atoms with E-state index in [1.54, 1.807) is 13.8 Å². The van der Waals surface area contributed by atoms with Crippen LogP contribution in [0.4, 0.5) is 4.79 Å². The van der Waals surface area contributed by atoms with Gasteiger partial charge in [-0.15, -0.1) is 12.4 Å². The average Bonchev–Trinajstić information content (AvgIpc) is 3.25. The maximum atomic E-state index is 12.3. The van der Waals surface area contributed by atoms with Crippen LogP contribution < -0.4 is 5.32 Å². The molecule has 3 fully saturated rings. The fourth-order valence-electron chi connectivity index (χ4n) is 4.76. The molecular formula is C20H33ClN6O2. The molecular weight excluding hydrogens is 392 g/mol. The number of hydrogen-bond donors (Lipinski definition) is 2. The third-order valence-electron chi connectivity index (χ3n) is 6.47. The Kier molecular flexibility index (Phi) is 6.83. The SMILES string of the molecule is CC1(C)NC(=O)N(CCN2CCCC(c3n[nH]c(C4CCCCC4)n3)C2)C1=O.Cl. The third-order valence-corrected chi connectivity index (χ3v) is 6.47. The van der Waals surface area contributed by atoms with E-state index in [1.165, 1.54) is 37.0 Å². The van der Waals surface area contributed by atoms with Gasteiger partial charge >= 0.3 is 6.03 Å². The highest BCUT2D eigenvalue weighted by Gasteiger charge is 2.44. The van der Waals surface area contributed by atoms with Crippen LogP contribution in [0.1, 0.15) is 82.3 Å². The summed E-state index contributed by atoms with van der Waals surface area (Å²) in [6, 6.07) is -0.283. The molecule has 0 aromatic carbocycles. The van der Waals surface area contributed by atoms with E-state index in [2.05, 4.69) is 20.4 Å². The quantitative estimate of drug-likeness (QED) is 0.709. The van der Waals surface area contributed by atoms with E-state index < -0.39 is 5.54 Å². The molecule has 1 saturated carbocycles. The van der Waals surface area contributed by atoms with Crippen LogP contribution in [0, 0.1) is 0 Å². The molecule has 162 valence electrons. The number of aromatic nitrogens is 3. The highest BCUT2D eigenvalue weighted by atomic mass is 35.5.